The highest BCUT2D eigenvalue weighted by molar-refractivity contribution is 5.97. The molecular formula is C24H18O7. The number of carboxylic acids is 1. The number of hydrogen-bond acceptors (Lipinski definition) is 6. The highest BCUT2D eigenvalue weighted by Crippen LogP contribution is 2.56. The van der Waals surface area contributed by atoms with E-state index in [1.54, 1.807) is 24.3 Å². The van der Waals surface area contributed by atoms with E-state index in [2.05, 4.69) is 6.58 Å². The van der Waals surface area contributed by atoms with Crippen LogP contribution in [0.2, 0.25) is 0 Å². The summed E-state index contributed by atoms with van der Waals surface area (Å²) < 4.78 is 11.8. The lowest BCUT2D eigenvalue weighted by Gasteiger charge is -2.36. The molecule has 0 saturated carbocycles. The number of carboxylic acid groups (broad SMARTS) is 1. The lowest BCUT2D eigenvalue weighted by atomic mass is 9.77. The average molecular weight is 418 g/mol. The summed E-state index contributed by atoms with van der Waals surface area (Å²) in [6, 6.07) is 16.6. The molecule has 0 unspecified atom stereocenters. The topological polar surface area (TPSA) is 113 Å². The molecule has 2 heterocycles. The first-order valence-corrected chi connectivity index (χ1v) is 9.30. The quantitative estimate of drug-likeness (QED) is 0.399. The summed E-state index contributed by atoms with van der Waals surface area (Å²) in [6.45, 7) is 4.60. The number of carbonyl (C=O) groups excluding carboxylic acids is 1. The van der Waals surface area contributed by atoms with Crippen LogP contribution in [0.5, 0.6) is 23.0 Å². The first kappa shape index (κ1) is 20.0. The molecule has 2 aliphatic heterocycles. The van der Waals surface area contributed by atoms with Crippen LogP contribution >= 0.6 is 0 Å². The van der Waals surface area contributed by atoms with Gasteiger partial charge in [-0.2, -0.15) is 0 Å². The van der Waals surface area contributed by atoms with E-state index in [0.29, 0.717) is 33.8 Å². The van der Waals surface area contributed by atoms with Crippen molar-refractivity contribution in [3.05, 3.63) is 95.1 Å². The molecule has 3 N–H and O–H groups in total. The predicted molar refractivity (Wildman–Crippen MR) is 110 cm³/mol. The fraction of sp³-hybridized carbons (Fsp3) is 0.0833. The molecule has 1 spiro atoms. The predicted octanol–water partition coefficient (Wildman–Crippen LogP) is 4.31. The van der Waals surface area contributed by atoms with Gasteiger partial charge in [-0.25, -0.2) is 9.59 Å². The van der Waals surface area contributed by atoms with Crippen LogP contribution in [-0.2, 0) is 15.1 Å². The molecule has 0 atom stereocenters. The van der Waals surface area contributed by atoms with Crippen molar-refractivity contribution in [2.24, 2.45) is 0 Å². The molecule has 31 heavy (non-hydrogen) atoms. The van der Waals surface area contributed by atoms with Gasteiger partial charge in [0.25, 0.3) is 0 Å². The Bertz CT molecular complexity index is 1180. The Morgan fingerprint density at radius 2 is 1.42 bits per heavy atom. The number of phenolic OH excluding ortho intramolecular Hbond substituents is 2. The smallest absolute Gasteiger partial charge is 0.340 e. The van der Waals surface area contributed by atoms with Crippen LogP contribution < -0.4 is 4.74 Å². The highest BCUT2D eigenvalue weighted by Gasteiger charge is 2.53. The van der Waals surface area contributed by atoms with Crippen molar-refractivity contribution >= 4 is 11.9 Å². The average Bonchev–Trinajstić information content (AvgIpc) is 3.01. The second-order valence-electron chi connectivity index (χ2n) is 7.16. The van der Waals surface area contributed by atoms with E-state index in [0.717, 1.165) is 0 Å². The number of phenols is 2. The molecule has 0 amide bonds. The molecule has 5 rings (SSSR count). The summed E-state index contributed by atoms with van der Waals surface area (Å²) in [7, 11) is 0. The molecule has 3 aromatic rings. The molecule has 0 fully saturated rings. The molecule has 0 radical (unpaired) electrons. The van der Waals surface area contributed by atoms with E-state index in [-0.39, 0.29) is 17.1 Å². The molecular weight excluding hydrogens is 400 g/mol. The maximum atomic E-state index is 12.5. The highest BCUT2D eigenvalue weighted by atomic mass is 16.6. The zero-order valence-electron chi connectivity index (χ0n) is 16.5. The van der Waals surface area contributed by atoms with E-state index in [1.165, 1.54) is 31.2 Å². The van der Waals surface area contributed by atoms with Crippen LogP contribution in [0.15, 0.2) is 72.8 Å². The minimum absolute atomic E-state index is 0.0371. The van der Waals surface area contributed by atoms with Gasteiger partial charge in [-0.1, -0.05) is 24.8 Å². The van der Waals surface area contributed by atoms with Gasteiger partial charge in [-0.3, -0.25) is 0 Å². The fourth-order valence-electron chi connectivity index (χ4n) is 3.65. The van der Waals surface area contributed by atoms with Crippen molar-refractivity contribution in [1.29, 1.82) is 0 Å². The first-order valence-electron chi connectivity index (χ1n) is 9.30. The van der Waals surface area contributed by atoms with E-state index in [1.807, 2.05) is 12.1 Å². The summed E-state index contributed by atoms with van der Waals surface area (Å²) in [5.41, 5.74) is 1.46. The van der Waals surface area contributed by atoms with Gasteiger partial charge < -0.3 is 24.8 Å². The van der Waals surface area contributed by atoms with Crippen molar-refractivity contribution in [3.8, 4) is 23.0 Å². The Labute approximate surface area is 177 Å². The van der Waals surface area contributed by atoms with Gasteiger partial charge in [0.2, 0.25) is 0 Å². The standard InChI is InChI=1S/C20H12O5.C4H6O2/c21-11-5-7-15-17(9-11)24-18-10-12(22)6-8-16(18)20(15)14-4-2-1-3-13(14)19(23)25-20;1-3(2)4(5)6/h1-10,21-22H;1H2,2H3,(H,5,6). The SMILES string of the molecule is C=C(C)C(=O)O.O=C1OC2(c3ccc(O)cc3Oc3cc(O)ccc32)c2ccccc21. The largest absolute Gasteiger partial charge is 0.508 e. The van der Waals surface area contributed by atoms with Gasteiger partial charge in [0.1, 0.15) is 23.0 Å². The Kier molecular flexibility index (Phi) is 4.66. The zero-order valence-corrected chi connectivity index (χ0v) is 16.5. The first-order chi connectivity index (χ1) is 14.7. The van der Waals surface area contributed by atoms with Crippen LogP contribution in [0.4, 0.5) is 0 Å². The van der Waals surface area contributed by atoms with Crippen molar-refractivity contribution < 1.29 is 34.4 Å². The minimum Gasteiger partial charge on any atom is -0.508 e. The molecule has 156 valence electrons. The molecule has 0 saturated heterocycles. The normalized spacial score (nSPS) is 14.2. The number of aliphatic carboxylic acids is 1. The van der Waals surface area contributed by atoms with Crippen molar-refractivity contribution in [3.63, 3.8) is 0 Å². The Balaban J connectivity index is 0.000000342. The van der Waals surface area contributed by atoms with Crippen LogP contribution in [-0.4, -0.2) is 27.3 Å². The van der Waals surface area contributed by atoms with Crippen LogP contribution in [0.1, 0.15) is 34.0 Å². The summed E-state index contributed by atoms with van der Waals surface area (Å²) in [5.74, 6) is -0.527. The number of fused-ring (bicyclic) bond motifs is 6. The third-order valence-corrected chi connectivity index (χ3v) is 5.05. The van der Waals surface area contributed by atoms with Crippen LogP contribution in [0.25, 0.3) is 0 Å². The summed E-state index contributed by atoms with van der Waals surface area (Å²) in [4.78, 5) is 22.1. The molecule has 0 aliphatic carbocycles. The number of aromatic hydroxyl groups is 2. The van der Waals surface area contributed by atoms with E-state index in [4.69, 9.17) is 14.6 Å². The Morgan fingerprint density at radius 3 is 1.94 bits per heavy atom. The Morgan fingerprint density at radius 1 is 0.903 bits per heavy atom. The summed E-state index contributed by atoms with van der Waals surface area (Å²) >= 11 is 0. The lowest BCUT2D eigenvalue weighted by molar-refractivity contribution is -0.132. The molecule has 7 heteroatoms. The van der Waals surface area contributed by atoms with Crippen LogP contribution in [0, 0.1) is 0 Å². The molecule has 0 aromatic heterocycles. The summed E-state index contributed by atoms with van der Waals surface area (Å²) in [5, 5.41) is 27.6. The number of benzene rings is 3. The van der Waals surface area contributed by atoms with Gasteiger partial charge in [-0.15, -0.1) is 0 Å². The van der Waals surface area contributed by atoms with Crippen molar-refractivity contribution in [2.45, 2.75) is 12.5 Å². The molecule has 0 bridgehead atoms. The second-order valence-corrected chi connectivity index (χ2v) is 7.16. The number of rotatable bonds is 1. The molecule has 2 aliphatic rings. The van der Waals surface area contributed by atoms with E-state index in [9.17, 15) is 19.8 Å². The monoisotopic (exact) mass is 418 g/mol. The van der Waals surface area contributed by atoms with Gasteiger partial charge in [0.15, 0.2) is 5.60 Å². The molecule has 7 nitrogen and oxygen atoms in total. The van der Waals surface area contributed by atoms with Gasteiger partial charge in [0, 0.05) is 34.4 Å². The number of carbonyl (C=O) groups is 2. The van der Waals surface area contributed by atoms with Crippen LogP contribution in [0.3, 0.4) is 0 Å². The van der Waals surface area contributed by atoms with E-state index < -0.39 is 17.5 Å². The fourth-order valence-corrected chi connectivity index (χ4v) is 3.65. The van der Waals surface area contributed by atoms with Gasteiger partial charge in [-0.05, 0) is 37.3 Å². The third-order valence-electron chi connectivity index (χ3n) is 5.05. The lowest BCUT2D eigenvalue weighted by Crippen LogP contribution is -2.32. The van der Waals surface area contributed by atoms with Crippen molar-refractivity contribution in [1.82, 2.24) is 0 Å². The number of ether oxygens (including phenoxy) is 2. The van der Waals surface area contributed by atoms with E-state index >= 15 is 0 Å². The van der Waals surface area contributed by atoms with Gasteiger partial charge in [0.05, 0.1) is 5.56 Å². The molecule has 3 aromatic carbocycles. The zero-order chi connectivity index (χ0) is 22.3. The Hall–Kier alpha value is -4.26. The maximum Gasteiger partial charge on any atom is 0.340 e. The minimum atomic E-state index is -1.17. The summed E-state index contributed by atoms with van der Waals surface area (Å²) in [6.07, 6.45) is 0. The maximum absolute atomic E-state index is 12.5. The number of hydrogen-bond donors (Lipinski definition) is 3. The second kappa shape index (κ2) is 7.21. The number of esters is 1. The van der Waals surface area contributed by atoms with Gasteiger partial charge >= 0.3 is 11.9 Å². The van der Waals surface area contributed by atoms with Crippen molar-refractivity contribution in [2.75, 3.05) is 0 Å². The third kappa shape index (κ3) is 3.16.